The summed E-state index contributed by atoms with van der Waals surface area (Å²) in [7, 11) is 0. The summed E-state index contributed by atoms with van der Waals surface area (Å²) in [5.41, 5.74) is 0.929. The predicted molar refractivity (Wildman–Crippen MR) is 72.6 cm³/mol. The monoisotopic (exact) mass is 263 g/mol. The van der Waals surface area contributed by atoms with E-state index in [2.05, 4.69) is 11.8 Å². The number of nitrogens with zero attached hydrogens (tertiary/aromatic N) is 1. The van der Waals surface area contributed by atoms with Gasteiger partial charge in [0.2, 0.25) is 6.79 Å². The summed E-state index contributed by atoms with van der Waals surface area (Å²) in [6, 6.07) is 4.24. The molecule has 1 N–H and O–H groups in total. The number of phenolic OH excluding ortho intramolecular Hbond substituents is 1. The number of ether oxygens (including phenoxy) is 2. The Morgan fingerprint density at radius 1 is 1.21 bits per heavy atom. The van der Waals surface area contributed by atoms with Crippen molar-refractivity contribution in [3.63, 3.8) is 0 Å². The fourth-order valence-electron chi connectivity index (χ4n) is 3.09. The van der Waals surface area contributed by atoms with Crippen LogP contribution in [-0.2, 0) is 6.54 Å². The average molecular weight is 263 g/mol. The number of rotatable bonds is 4. The molecule has 1 saturated carbocycles. The largest absolute Gasteiger partial charge is 0.507 e. The van der Waals surface area contributed by atoms with Crippen molar-refractivity contribution in [1.82, 2.24) is 4.90 Å². The normalized spacial score (nSPS) is 18.4. The zero-order chi connectivity index (χ0) is 13.2. The van der Waals surface area contributed by atoms with Crippen molar-refractivity contribution >= 4 is 0 Å². The van der Waals surface area contributed by atoms with Gasteiger partial charge in [-0.05, 0) is 25.5 Å². The Hall–Kier alpha value is -1.42. The summed E-state index contributed by atoms with van der Waals surface area (Å²) in [5.74, 6) is 1.70. The van der Waals surface area contributed by atoms with E-state index in [1.54, 1.807) is 6.07 Å². The second kappa shape index (κ2) is 5.29. The van der Waals surface area contributed by atoms with Crippen molar-refractivity contribution < 1.29 is 14.6 Å². The molecule has 0 unspecified atom stereocenters. The SMILES string of the molecule is CCN(Cc1cc2c(cc1O)OCO2)C1CCCC1. The molecule has 1 aliphatic heterocycles. The molecule has 1 aliphatic carbocycles. The van der Waals surface area contributed by atoms with Crippen LogP contribution in [0.2, 0.25) is 0 Å². The summed E-state index contributed by atoms with van der Waals surface area (Å²) < 4.78 is 10.7. The quantitative estimate of drug-likeness (QED) is 0.907. The number of fused-ring (bicyclic) bond motifs is 1. The highest BCUT2D eigenvalue weighted by molar-refractivity contribution is 5.51. The molecule has 0 spiro atoms. The van der Waals surface area contributed by atoms with E-state index in [1.807, 2.05) is 6.07 Å². The number of hydrogen-bond acceptors (Lipinski definition) is 4. The maximum atomic E-state index is 10.1. The van der Waals surface area contributed by atoms with E-state index >= 15 is 0 Å². The van der Waals surface area contributed by atoms with E-state index in [9.17, 15) is 5.11 Å². The molecule has 1 heterocycles. The first-order valence-corrected chi connectivity index (χ1v) is 7.13. The van der Waals surface area contributed by atoms with Crippen LogP contribution in [0.5, 0.6) is 17.2 Å². The Morgan fingerprint density at radius 2 is 1.89 bits per heavy atom. The number of hydrogen-bond donors (Lipinski definition) is 1. The molecule has 0 saturated heterocycles. The van der Waals surface area contributed by atoms with Crippen LogP contribution >= 0.6 is 0 Å². The van der Waals surface area contributed by atoms with E-state index in [0.29, 0.717) is 17.5 Å². The van der Waals surface area contributed by atoms with E-state index in [1.165, 1.54) is 25.7 Å². The van der Waals surface area contributed by atoms with Crippen molar-refractivity contribution in [3.8, 4) is 17.2 Å². The van der Waals surface area contributed by atoms with Crippen LogP contribution in [0.4, 0.5) is 0 Å². The van der Waals surface area contributed by atoms with Crippen LogP contribution in [0.3, 0.4) is 0 Å². The Balaban J connectivity index is 1.78. The second-order valence-corrected chi connectivity index (χ2v) is 5.34. The third-order valence-electron chi connectivity index (χ3n) is 4.19. The summed E-state index contributed by atoms with van der Waals surface area (Å²) in [5, 5.41) is 10.1. The smallest absolute Gasteiger partial charge is 0.231 e. The zero-order valence-electron chi connectivity index (χ0n) is 11.4. The molecule has 0 aromatic heterocycles. The highest BCUT2D eigenvalue weighted by atomic mass is 16.7. The first-order valence-electron chi connectivity index (χ1n) is 7.13. The molecule has 0 bridgehead atoms. The van der Waals surface area contributed by atoms with Gasteiger partial charge >= 0.3 is 0 Å². The van der Waals surface area contributed by atoms with Gasteiger partial charge in [-0.1, -0.05) is 19.8 Å². The lowest BCUT2D eigenvalue weighted by atomic mass is 10.1. The predicted octanol–water partition coefficient (Wildman–Crippen LogP) is 2.89. The van der Waals surface area contributed by atoms with Gasteiger partial charge < -0.3 is 14.6 Å². The van der Waals surface area contributed by atoms with Crippen LogP contribution in [0, 0.1) is 0 Å². The lowest BCUT2D eigenvalue weighted by molar-refractivity contribution is 0.173. The molecular formula is C15H21NO3. The van der Waals surface area contributed by atoms with Crippen LogP contribution in [-0.4, -0.2) is 29.4 Å². The standard InChI is InChI=1S/C15H21NO3/c1-2-16(12-5-3-4-6-12)9-11-7-14-15(8-13(11)17)19-10-18-14/h7-8,12,17H,2-6,9-10H2,1H3. The number of benzene rings is 1. The molecule has 4 heteroatoms. The van der Waals surface area contributed by atoms with E-state index in [0.717, 1.165) is 24.4 Å². The van der Waals surface area contributed by atoms with Crippen molar-refractivity contribution in [3.05, 3.63) is 17.7 Å². The molecule has 0 atom stereocenters. The fourth-order valence-corrected chi connectivity index (χ4v) is 3.09. The minimum atomic E-state index is 0.248. The van der Waals surface area contributed by atoms with Crippen molar-refractivity contribution in [1.29, 1.82) is 0 Å². The van der Waals surface area contributed by atoms with Crippen LogP contribution < -0.4 is 9.47 Å². The minimum absolute atomic E-state index is 0.248. The lowest BCUT2D eigenvalue weighted by Crippen LogP contribution is -2.32. The topological polar surface area (TPSA) is 41.9 Å². The Bertz CT molecular complexity index is 455. The van der Waals surface area contributed by atoms with Crippen molar-refractivity contribution in [2.45, 2.75) is 45.2 Å². The summed E-state index contributed by atoms with van der Waals surface area (Å²) in [4.78, 5) is 2.45. The highest BCUT2D eigenvalue weighted by Gasteiger charge is 2.23. The van der Waals surface area contributed by atoms with Gasteiger partial charge in [0.1, 0.15) is 5.75 Å². The molecule has 1 fully saturated rings. The van der Waals surface area contributed by atoms with Crippen molar-refractivity contribution in [2.24, 2.45) is 0 Å². The third-order valence-corrected chi connectivity index (χ3v) is 4.19. The lowest BCUT2D eigenvalue weighted by Gasteiger charge is -2.27. The second-order valence-electron chi connectivity index (χ2n) is 5.34. The van der Waals surface area contributed by atoms with Gasteiger partial charge in [-0.15, -0.1) is 0 Å². The van der Waals surface area contributed by atoms with Gasteiger partial charge in [0.15, 0.2) is 11.5 Å². The van der Waals surface area contributed by atoms with Gasteiger partial charge in [-0.25, -0.2) is 0 Å². The Labute approximate surface area is 113 Å². The van der Waals surface area contributed by atoms with Crippen LogP contribution in [0.1, 0.15) is 38.2 Å². The van der Waals surface area contributed by atoms with E-state index in [-0.39, 0.29) is 6.79 Å². The highest BCUT2D eigenvalue weighted by Crippen LogP contribution is 2.38. The van der Waals surface area contributed by atoms with Crippen LogP contribution in [0.25, 0.3) is 0 Å². The maximum Gasteiger partial charge on any atom is 0.231 e. The summed E-state index contributed by atoms with van der Waals surface area (Å²) >= 11 is 0. The molecule has 1 aromatic rings. The first-order chi connectivity index (χ1) is 9.28. The summed E-state index contributed by atoms with van der Waals surface area (Å²) in [6.45, 7) is 4.23. The zero-order valence-corrected chi connectivity index (χ0v) is 11.4. The van der Waals surface area contributed by atoms with Gasteiger partial charge in [0, 0.05) is 24.2 Å². The Morgan fingerprint density at radius 3 is 2.58 bits per heavy atom. The first kappa shape index (κ1) is 12.6. The summed E-state index contributed by atoms with van der Waals surface area (Å²) in [6.07, 6.45) is 5.21. The van der Waals surface area contributed by atoms with Crippen LogP contribution in [0.15, 0.2) is 12.1 Å². The number of aromatic hydroxyl groups is 1. The molecule has 0 amide bonds. The van der Waals surface area contributed by atoms with Gasteiger partial charge in [-0.2, -0.15) is 0 Å². The third kappa shape index (κ3) is 2.50. The molecule has 2 aliphatic rings. The van der Waals surface area contributed by atoms with Gasteiger partial charge in [-0.3, -0.25) is 4.90 Å². The van der Waals surface area contributed by atoms with Gasteiger partial charge in [0.25, 0.3) is 0 Å². The van der Waals surface area contributed by atoms with E-state index in [4.69, 9.17) is 9.47 Å². The molecular weight excluding hydrogens is 242 g/mol. The van der Waals surface area contributed by atoms with E-state index < -0.39 is 0 Å². The van der Waals surface area contributed by atoms with Crippen molar-refractivity contribution in [2.75, 3.05) is 13.3 Å². The maximum absolute atomic E-state index is 10.1. The average Bonchev–Trinajstić information content (AvgIpc) is 3.06. The molecule has 1 aromatic carbocycles. The number of phenols is 1. The fraction of sp³-hybridized carbons (Fsp3) is 0.600. The molecule has 4 nitrogen and oxygen atoms in total. The Kier molecular flexibility index (Phi) is 3.51. The molecule has 3 rings (SSSR count). The molecule has 0 radical (unpaired) electrons. The molecule has 104 valence electrons. The van der Waals surface area contributed by atoms with Gasteiger partial charge in [0.05, 0.1) is 0 Å². The minimum Gasteiger partial charge on any atom is -0.507 e. The molecule has 19 heavy (non-hydrogen) atoms.